The molecule has 0 aliphatic carbocycles. The fourth-order valence-corrected chi connectivity index (χ4v) is 2.68. The lowest BCUT2D eigenvalue weighted by molar-refractivity contribution is -0.140. The molecule has 0 N–H and O–H groups in total. The van der Waals surface area contributed by atoms with E-state index in [1.807, 2.05) is 7.11 Å². The van der Waals surface area contributed by atoms with E-state index in [-0.39, 0.29) is 5.97 Å². The van der Waals surface area contributed by atoms with E-state index in [0.717, 1.165) is 32.1 Å². The maximum Gasteiger partial charge on any atom is 0.305 e. The first kappa shape index (κ1) is 22.2. The molecule has 1 atom stereocenters. The van der Waals surface area contributed by atoms with Crippen LogP contribution in [0, 0.1) is 0 Å². The second-order valence-corrected chi connectivity index (χ2v) is 6.28. The molecule has 0 aromatic rings. The van der Waals surface area contributed by atoms with Gasteiger partial charge >= 0.3 is 5.97 Å². The first-order valence-electron chi connectivity index (χ1n) is 9.49. The van der Waals surface area contributed by atoms with Gasteiger partial charge in [-0.05, 0) is 38.5 Å². The second-order valence-electron chi connectivity index (χ2n) is 6.28. The maximum atomic E-state index is 11.0. The number of methoxy groups -OCH3 is 2. The Morgan fingerprint density at radius 3 is 2.26 bits per heavy atom. The Morgan fingerprint density at radius 2 is 1.57 bits per heavy atom. The SMILES string of the molecule is CCCCC/C=C\CC[C@@H](CCCCCCCC(=O)OC)OC. The van der Waals surface area contributed by atoms with Crippen molar-refractivity contribution in [3.8, 4) is 0 Å². The van der Waals surface area contributed by atoms with Crippen LogP contribution in [0.4, 0.5) is 0 Å². The van der Waals surface area contributed by atoms with Crippen molar-refractivity contribution in [2.24, 2.45) is 0 Å². The molecule has 0 aliphatic heterocycles. The number of allylic oxidation sites excluding steroid dienone is 2. The Morgan fingerprint density at radius 1 is 0.870 bits per heavy atom. The molecule has 136 valence electrons. The van der Waals surface area contributed by atoms with Crippen LogP contribution in [0.3, 0.4) is 0 Å². The summed E-state index contributed by atoms with van der Waals surface area (Å²) in [6, 6.07) is 0. The molecule has 0 unspecified atom stereocenters. The zero-order valence-corrected chi connectivity index (χ0v) is 15.6. The van der Waals surface area contributed by atoms with Crippen LogP contribution in [0.25, 0.3) is 0 Å². The smallest absolute Gasteiger partial charge is 0.305 e. The Balaban J connectivity index is 3.46. The molecule has 0 amide bonds. The van der Waals surface area contributed by atoms with Gasteiger partial charge in [0.15, 0.2) is 0 Å². The molecule has 23 heavy (non-hydrogen) atoms. The summed E-state index contributed by atoms with van der Waals surface area (Å²) in [5.41, 5.74) is 0. The molecular weight excluding hydrogens is 288 g/mol. The summed E-state index contributed by atoms with van der Waals surface area (Å²) >= 11 is 0. The summed E-state index contributed by atoms with van der Waals surface area (Å²) in [4.78, 5) is 11.0. The van der Waals surface area contributed by atoms with Gasteiger partial charge in [-0.1, -0.05) is 57.6 Å². The van der Waals surface area contributed by atoms with E-state index < -0.39 is 0 Å². The molecule has 3 heteroatoms. The molecule has 0 radical (unpaired) electrons. The van der Waals surface area contributed by atoms with Crippen molar-refractivity contribution in [1.82, 2.24) is 0 Å². The van der Waals surface area contributed by atoms with Crippen LogP contribution in [0.15, 0.2) is 12.2 Å². The van der Waals surface area contributed by atoms with Gasteiger partial charge in [-0.25, -0.2) is 0 Å². The highest BCUT2D eigenvalue weighted by Gasteiger charge is 2.06. The van der Waals surface area contributed by atoms with E-state index in [1.54, 1.807) is 0 Å². The fourth-order valence-electron chi connectivity index (χ4n) is 2.68. The number of carbonyl (C=O) groups is 1. The highest BCUT2D eigenvalue weighted by Crippen LogP contribution is 2.14. The highest BCUT2D eigenvalue weighted by molar-refractivity contribution is 5.68. The first-order chi connectivity index (χ1) is 11.2. The molecule has 0 saturated heterocycles. The third-order valence-corrected chi connectivity index (χ3v) is 4.26. The number of ether oxygens (including phenoxy) is 2. The summed E-state index contributed by atoms with van der Waals surface area (Å²) in [6.07, 6.45) is 19.9. The van der Waals surface area contributed by atoms with Gasteiger partial charge in [0.2, 0.25) is 0 Å². The molecule has 0 rings (SSSR count). The minimum atomic E-state index is -0.0906. The van der Waals surface area contributed by atoms with Crippen molar-refractivity contribution in [3.05, 3.63) is 12.2 Å². The predicted octanol–water partition coefficient (Wildman–Crippen LogP) is 5.82. The van der Waals surface area contributed by atoms with Crippen molar-refractivity contribution < 1.29 is 14.3 Å². The van der Waals surface area contributed by atoms with Gasteiger partial charge in [-0.2, -0.15) is 0 Å². The molecule has 0 aromatic heterocycles. The lowest BCUT2D eigenvalue weighted by Gasteiger charge is -2.14. The van der Waals surface area contributed by atoms with Crippen LogP contribution in [0.2, 0.25) is 0 Å². The molecule has 3 nitrogen and oxygen atoms in total. The molecule has 0 heterocycles. The number of hydrogen-bond donors (Lipinski definition) is 0. The zero-order chi connectivity index (χ0) is 17.2. The Bertz CT molecular complexity index is 287. The third-order valence-electron chi connectivity index (χ3n) is 4.26. The predicted molar refractivity (Wildman–Crippen MR) is 97.6 cm³/mol. The van der Waals surface area contributed by atoms with Crippen LogP contribution in [-0.2, 0) is 14.3 Å². The quantitative estimate of drug-likeness (QED) is 0.204. The van der Waals surface area contributed by atoms with Gasteiger partial charge in [0.25, 0.3) is 0 Å². The van der Waals surface area contributed by atoms with Crippen LogP contribution < -0.4 is 0 Å². The van der Waals surface area contributed by atoms with Gasteiger partial charge in [0.1, 0.15) is 0 Å². The van der Waals surface area contributed by atoms with Crippen molar-refractivity contribution in [2.45, 2.75) is 96.5 Å². The lowest BCUT2D eigenvalue weighted by atomic mass is 10.0. The number of carbonyl (C=O) groups excluding carboxylic acids is 1. The van der Waals surface area contributed by atoms with Gasteiger partial charge in [0.05, 0.1) is 13.2 Å². The van der Waals surface area contributed by atoms with Gasteiger partial charge in [-0.15, -0.1) is 0 Å². The van der Waals surface area contributed by atoms with E-state index in [9.17, 15) is 4.79 Å². The van der Waals surface area contributed by atoms with Crippen LogP contribution in [0.1, 0.15) is 90.4 Å². The molecule has 0 aliphatic rings. The molecule has 0 bridgehead atoms. The number of rotatable bonds is 16. The normalized spacial score (nSPS) is 12.7. The largest absolute Gasteiger partial charge is 0.469 e. The molecule has 0 fully saturated rings. The van der Waals surface area contributed by atoms with Crippen molar-refractivity contribution >= 4 is 5.97 Å². The first-order valence-corrected chi connectivity index (χ1v) is 9.49. The minimum Gasteiger partial charge on any atom is -0.469 e. The number of unbranched alkanes of at least 4 members (excludes halogenated alkanes) is 7. The Kier molecular flexibility index (Phi) is 16.9. The van der Waals surface area contributed by atoms with Crippen molar-refractivity contribution in [1.29, 1.82) is 0 Å². The van der Waals surface area contributed by atoms with E-state index in [4.69, 9.17) is 4.74 Å². The molecule has 0 spiro atoms. The summed E-state index contributed by atoms with van der Waals surface area (Å²) in [6.45, 7) is 2.24. The monoisotopic (exact) mass is 326 g/mol. The summed E-state index contributed by atoms with van der Waals surface area (Å²) in [7, 11) is 3.28. The van der Waals surface area contributed by atoms with Crippen LogP contribution in [-0.4, -0.2) is 26.3 Å². The Labute approximate surface area is 143 Å². The topological polar surface area (TPSA) is 35.5 Å². The summed E-state index contributed by atoms with van der Waals surface area (Å²) in [5, 5.41) is 0. The molecular formula is C20H38O3. The fraction of sp³-hybridized carbons (Fsp3) is 0.850. The summed E-state index contributed by atoms with van der Waals surface area (Å²) < 4.78 is 10.2. The van der Waals surface area contributed by atoms with E-state index in [0.29, 0.717) is 12.5 Å². The van der Waals surface area contributed by atoms with Gasteiger partial charge in [-0.3, -0.25) is 4.79 Å². The van der Waals surface area contributed by atoms with Crippen LogP contribution >= 0.6 is 0 Å². The van der Waals surface area contributed by atoms with E-state index >= 15 is 0 Å². The minimum absolute atomic E-state index is 0.0906. The maximum absolute atomic E-state index is 11.0. The molecule has 0 saturated carbocycles. The number of esters is 1. The van der Waals surface area contributed by atoms with E-state index in [1.165, 1.54) is 52.1 Å². The van der Waals surface area contributed by atoms with Crippen molar-refractivity contribution in [2.75, 3.05) is 14.2 Å². The molecule has 0 aromatic carbocycles. The zero-order valence-electron chi connectivity index (χ0n) is 15.6. The Hall–Kier alpha value is -0.830. The average molecular weight is 327 g/mol. The average Bonchev–Trinajstić information content (AvgIpc) is 2.57. The van der Waals surface area contributed by atoms with Gasteiger partial charge < -0.3 is 9.47 Å². The highest BCUT2D eigenvalue weighted by atomic mass is 16.5. The van der Waals surface area contributed by atoms with Crippen molar-refractivity contribution in [3.63, 3.8) is 0 Å². The standard InChI is InChI=1S/C20H38O3/c1-4-5-6-7-8-10-13-16-19(22-2)17-14-11-9-12-15-18-20(21)23-3/h8,10,19H,4-7,9,11-18H2,1-3H3/b10-8-/t19-/m0/s1. The second kappa shape index (κ2) is 17.5. The van der Waals surface area contributed by atoms with Crippen LogP contribution in [0.5, 0.6) is 0 Å². The van der Waals surface area contributed by atoms with Gasteiger partial charge in [0, 0.05) is 13.5 Å². The lowest BCUT2D eigenvalue weighted by Crippen LogP contribution is -2.09. The third kappa shape index (κ3) is 15.8. The number of hydrogen-bond acceptors (Lipinski definition) is 3. The van der Waals surface area contributed by atoms with E-state index in [2.05, 4.69) is 23.8 Å². The summed E-state index contributed by atoms with van der Waals surface area (Å²) in [5.74, 6) is -0.0906.